The van der Waals surface area contributed by atoms with Gasteiger partial charge in [0.25, 0.3) is 0 Å². The van der Waals surface area contributed by atoms with Crippen molar-refractivity contribution in [1.29, 1.82) is 0 Å². The van der Waals surface area contributed by atoms with Gasteiger partial charge in [0.05, 0.1) is 56.0 Å². The molecule has 0 saturated carbocycles. The van der Waals surface area contributed by atoms with E-state index in [1.165, 1.54) is 88.7 Å². The highest BCUT2D eigenvalue weighted by molar-refractivity contribution is 6.17. The predicted octanol–water partition coefficient (Wildman–Crippen LogP) is 14.9. The molecule has 21 nitrogen and oxygen atoms in total. The Labute approximate surface area is 596 Å². The van der Waals surface area contributed by atoms with E-state index >= 15 is 0 Å². The molecule has 3 aliphatic heterocycles. The second kappa shape index (κ2) is 34.9. The van der Waals surface area contributed by atoms with Crippen LogP contribution in [0.4, 0.5) is 14.4 Å². The van der Waals surface area contributed by atoms with Gasteiger partial charge in [0, 0.05) is 42.7 Å². The minimum absolute atomic E-state index is 0.114. The Morgan fingerprint density at radius 2 is 0.637 bits per heavy atom. The molecule has 3 unspecified atom stereocenters. The van der Waals surface area contributed by atoms with Gasteiger partial charge in [-0.05, 0) is 161 Å². The molecule has 3 saturated heterocycles. The highest BCUT2D eigenvalue weighted by Gasteiger charge is 2.38. The van der Waals surface area contributed by atoms with Crippen molar-refractivity contribution in [2.75, 3.05) is 122 Å². The SMILES string of the molecule is CCC(C)c1ccc2c(C(=O)OC3CN(COC)C(=O)N(COC)C3)c3ccccc3cc2c1.CCC(C)c1ccc2cc3c(C(=O)OC4CN(COC)C(=O)N(COC)C4)cccc3cc2c1.CCC(C)c1ccc2cc3cccc(C(=O)OC4CN(COC)C(=O)N(COC)C4)c3cc2c1. The number of hydrogen-bond acceptors (Lipinski definition) is 15. The van der Waals surface area contributed by atoms with Crippen molar-refractivity contribution in [2.45, 2.75) is 96.9 Å². The first-order chi connectivity index (χ1) is 49.3. The van der Waals surface area contributed by atoms with Crippen LogP contribution in [-0.2, 0) is 42.6 Å². The van der Waals surface area contributed by atoms with Crippen LogP contribution >= 0.6 is 0 Å². The molecule has 0 radical (unpaired) electrons. The second-order valence-corrected chi connectivity index (χ2v) is 26.6. The van der Waals surface area contributed by atoms with E-state index in [4.69, 9.17) is 42.6 Å². The number of urea groups is 3. The summed E-state index contributed by atoms with van der Waals surface area (Å²) in [5.41, 5.74) is 5.44. The first-order valence-corrected chi connectivity index (χ1v) is 34.9. The summed E-state index contributed by atoms with van der Waals surface area (Å²) in [6, 6.07) is 48.5. The highest BCUT2D eigenvalue weighted by atomic mass is 16.6. The average molecular weight is 1390 g/mol. The lowest BCUT2D eigenvalue weighted by molar-refractivity contribution is -0.0401. The van der Waals surface area contributed by atoms with E-state index in [1.807, 2.05) is 54.6 Å². The fourth-order valence-corrected chi connectivity index (χ4v) is 13.5. The van der Waals surface area contributed by atoms with E-state index in [0.717, 1.165) is 83.9 Å². The number of nitrogens with zero attached hydrogens (tertiary/aromatic N) is 6. The minimum atomic E-state index is -0.510. The molecule has 0 aromatic heterocycles. The molecule has 9 aromatic rings. The third kappa shape index (κ3) is 17.3. The molecular formula is C81H96N6O15. The van der Waals surface area contributed by atoms with Crippen LogP contribution in [-0.4, -0.2) is 206 Å². The molecule has 9 aromatic carbocycles. The van der Waals surface area contributed by atoms with Gasteiger partial charge in [-0.3, -0.25) is 29.4 Å². The summed E-state index contributed by atoms with van der Waals surface area (Å²) in [6.45, 7) is 15.5. The second-order valence-electron chi connectivity index (χ2n) is 26.6. The van der Waals surface area contributed by atoms with Crippen LogP contribution in [0.3, 0.4) is 0 Å². The summed E-state index contributed by atoms with van der Waals surface area (Å²) < 4.78 is 48.7. The van der Waals surface area contributed by atoms with Gasteiger partial charge < -0.3 is 42.6 Å². The average Bonchev–Trinajstić information content (AvgIpc) is 0.778. The summed E-state index contributed by atoms with van der Waals surface area (Å²) >= 11 is 0. The molecule has 3 atom stereocenters. The molecular weight excluding hydrogens is 1300 g/mol. The number of fused-ring (bicyclic) bond motifs is 6. The van der Waals surface area contributed by atoms with Crippen molar-refractivity contribution in [1.82, 2.24) is 29.4 Å². The number of rotatable bonds is 24. The molecule has 3 aliphatic rings. The predicted molar refractivity (Wildman–Crippen MR) is 396 cm³/mol. The Morgan fingerprint density at radius 1 is 0.333 bits per heavy atom. The van der Waals surface area contributed by atoms with Gasteiger partial charge in [-0.2, -0.15) is 0 Å². The number of carbonyl (C=O) groups is 6. The Kier molecular flexibility index (Phi) is 25.7. The van der Waals surface area contributed by atoms with Gasteiger partial charge in [-0.15, -0.1) is 0 Å². The van der Waals surface area contributed by atoms with Crippen molar-refractivity contribution in [3.05, 3.63) is 179 Å². The Balaban J connectivity index is 0.000000165. The van der Waals surface area contributed by atoms with Gasteiger partial charge >= 0.3 is 36.0 Å². The lowest BCUT2D eigenvalue weighted by Gasteiger charge is -2.38. The zero-order chi connectivity index (χ0) is 72.7. The monoisotopic (exact) mass is 1390 g/mol. The normalized spacial score (nSPS) is 15.8. The number of ether oxygens (including phenoxy) is 9. The maximum absolute atomic E-state index is 13.6. The quantitative estimate of drug-likeness (QED) is 0.0313. The van der Waals surface area contributed by atoms with Crippen molar-refractivity contribution in [3.63, 3.8) is 0 Å². The number of carbonyl (C=O) groups excluding carboxylic acids is 6. The van der Waals surface area contributed by atoms with E-state index in [0.29, 0.717) is 34.4 Å². The fourth-order valence-electron chi connectivity index (χ4n) is 13.5. The largest absolute Gasteiger partial charge is 0.455 e. The number of esters is 3. The van der Waals surface area contributed by atoms with Crippen LogP contribution in [0.5, 0.6) is 0 Å². The zero-order valence-corrected chi connectivity index (χ0v) is 60.7. The van der Waals surface area contributed by atoms with Gasteiger partial charge in [0.15, 0.2) is 0 Å². The highest BCUT2D eigenvalue weighted by Crippen LogP contribution is 2.35. The van der Waals surface area contributed by atoms with Gasteiger partial charge in [-0.25, -0.2) is 28.8 Å². The number of amides is 6. The summed E-state index contributed by atoms with van der Waals surface area (Å²) in [6.07, 6.45) is 1.70. The van der Waals surface area contributed by atoms with Gasteiger partial charge in [-0.1, -0.05) is 145 Å². The number of hydrogen-bond donors (Lipinski definition) is 0. The van der Waals surface area contributed by atoms with Crippen LogP contribution in [0, 0.1) is 0 Å². The first-order valence-electron chi connectivity index (χ1n) is 34.9. The molecule has 3 fully saturated rings. The molecule has 0 N–H and O–H groups in total. The molecule has 12 rings (SSSR count). The van der Waals surface area contributed by atoms with E-state index in [9.17, 15) is 28.8 Å². The zero-order valence-electron chi connectivity index (χ0n) is 60.7. The summed E-state index contributed by atoms with van der Waals surface area (Å²) in [7, 11) is 9.15. The van der Waals surface area contributed by atoms with Crippen LogP contribution in [0.2, 0.25) is 0 Å². The molecule has 21 heteroatoms. The lowest BCUT2D eigenvalue weighted by atomic mass is 9.92. The van der Waals surface area contributed by atoms with Crippen molar-refractivity contribution in [2.24, 2.45) is 0 Å². The third-order valence-corrected chi connectivity index (χ3v) is 19.5. The molecule has 540 valence electrons. The summed E-state index contributed by atoms with van der Waals surface area (Å²) in [5, 5.41) is 11.9. The van der Waals surface area contributed by atoms with Crippen molar-refractivity contribution >= 4 is 101 Å². The van der Waals surface area contributed by atoms with E-state index in [-0.39, 0.29) is 97.7 Å². The Bertz CT molecular complexity index is 4400. The Hall–Kier alpha value is -9.48. The fraction of sp³-hybridized carbons (Fsp3) is 0.407. The number of benzene rings is 9. The van der Waals surface area contributed by atoms with E-state index in [1.54, 1.807) is 12.1 Å². The van der Waals surface area contributed by atoms with Gasteiger partial charge in [0.1, 0.15) is 58.7 Å². The van der Waals surface area contributed by atoms with E-state index < -0.39 is 36.2 Å². The Morgan fingerprint density at radius 3 is 1.04 bits per heavy atom. The minimum Gasteiger partial charge on any atom is -0.455 e. The maximum Gasteiger partial charge on any atom is 0.339 e. The standard InChI is InChI=1S/3C27H32N2O5/c1-5-18(2)19-9-10-20-13-25-21(12-22(20)11-19)7-6-8-24(25)26(30)34-23-14-28(16-32-3)27(31)29(15-23)17-33-4;1-5-18(2)19-9-10-20-12-21-7-6-8-24(25(21)13-22(20)11-19)26(30)34-23-14-28(16-32-3)27(31)29(15-23)17-33-4;1-5-18(2)19-10-11-24-21(12-19)13-20-8-6-7-9-23(20)25(24)26(30)34-22-14-28(16-32-3)27(31)29(15-22)17-33-4/h2*6-13,18,23H,5,14-17H2,1-4H3;6-13,18,22H,5,14-17H2,1-4H3. The molecule has 102 heavy (non-hydrogen) atoms. The van der Waals surface area contributed by atoms with Crippen LogP contribution in [0.1, 0.15) is 126 Å². The summed E-state index contributed by atoms with van der Waals surface area (Å²) in [5.74, 6) is 0.197. The molecule has 6 amide bonds. The first kappa shape index (κ1) is 75.2. The smallest absolute Gasteiger partial charge is 0.339 e. The van der Waals surface area contributed by atoms with Crippen LogP contribution in [0.25, 0.3) is 64.6 Å². The molecule has 0 aliphatic carbocycles. The van der Waals surface area contributed by atoms with E-state index in [2.05, 4.69) is 120 Å². The molecule has 0 bridgehead atoms. The van der Waals surface area contributed by atoms with Crippen LogP contribution in [0.15, 0.2) is 146 Å². The summed E-state index contributed by atoms with van der Waals surface area (Å²) in [4.78, 5) is 86.9. The van der Waals surface area contributed by atoms with Crippen molar-refractivity contribution in [3.8, 4) is 0 Å². The number of methoxy groups -OCH3 is 6. The van der Waals surface area contributed by atoms with Crippen LogP contribution < -0.4 is 0 Å². The van der Waals surface area contributed by atoms with Crippen molar-refractivity contribution < 1.29 is 71.4 Å². The molecule has 3 heterocycles. The third-order valence-electron chi connectivity index (χ3n) is 19.5. The lowest BCUT2D eigenvalue weighted by Crippen LogP contribution is -2.57. The van der Waals surface area contributed by atoms with Gasteiger partial charge in [0.2, 0.25) is 0 Å². The molecule has 0 spiro atoms. The maximum atomic E-state index is 13.6. The topological polar surface area (TPSA) is 205 Å².